The van der Waals surface area contributed by atoms with Gasteiger partial charge in [0, 0.05) is 70.5 Å². The Morgan fingerprint density at radius 2 is 0.734 bits per heavy atom. The summed E-state index contributed by atoms with van der Waals surface area (Å²) in [5.74, 6) is 6.17. The maximum Gasteiger partial charge on any atom is 1.00 e. The standard InChI is InChI=1S/2C22H28FNO3.C14H21NO3.C14H15NO3.C9H10O3.C8H8BrF.C5H4ClN.C4H9.Li/c2*1-26-20-5-3-4-19(22(20)27-2)21(25)17-11-14-24(15-12-17)13-10-16-6-8-18(23)9-7-16;2*1-17-12-5-3-4-11(14(12)18-2)13(16)10-6-8-15-9-7-10;1-11-8-5-3-4-7(6-10)9(8)12-2;9-6-5-7-1-3-8(10)4-2-7;6-5-1-3-7-4-2-5;1-3-4-2;/h2*3-9,17,21,25H,10-15H2,1-2H3;3-5,10,13,15-16H,6-9H2,1-2H3;3-9,13,16H,1-2H3;3-6H,1-2H3;1-4H,5-6H2;1-4H;1,3-4H2,2H3;/q;;;;;;;-1;+1/t21-;;;;;;;;/m1......../s1. The van der Waals surface area contributed by atoms with E-state index in [1.54, 1.807) is 142 Å². The minimum absolute atomic E-state index is 0. The average molecular weight is 1790 g/mol. The van der Waals surface area contributed by atoms with Crippen molar-refractivity contribution < 1.29 is 105 Å². The fourth-order valence-electron chi connectivity index (χ4n) is 14.2. The Balaban J connectivity index is 0.000000264. The van der Waals surface area contributed by atoms with Crippen molar-refractivity contribution in [1.29, 1.82) is 0 Å². The van der Waals surface area contributed by atoms with Gasteiger partial charge in [0.25, 0.3) is 0 Å². The molecule has 3 fully saturated rings. The summed E-state index contributed by atoms with van der Waals surface area (Å²) < 4.78 is 91.1. The molecule has 2 aromatic heterocycles. The number of unbranched alkanes of at least 4 members (excludes halogenated alkanes) is 1. The number of aldehydes is 1. The number of hydrogen-bond donors (Lipinski definition) is 5. The Morgan fingerprint density at radius 3 is 1.03 bits per heavy atom. The fraction of sp³-hybridized carbons (Fsp3) is 0.388. The number of pyridine rings is 2. The largest absolute Gasteiger partial charge is 1.00 e. The van der Waals surface area contributed by atoms with Crippen molar-refractivity contribution in [3.05, 3.63) is 292 Å². The number of benzene rings is 8. The van der Waals surface area contributed by atoms with Crippen LogP contribution in [0, 0.1) is 42.1 Å². The zero-order valence-electron chi connectivity index (χ0n) is 73.6. The molecule has 0 radical (unpaired) electrons. The number of aliphatic hydroxyl groups is 4. The van der Waals surface area contributed by atoms with E-state index in [2.05, 4.69) is 54.9 Å². The van der Waals surface area contributed by atoms with E-state index in [1.807, 2.05) is 91.0 Å². The minimum atomic E-state index is -0.766. The third-order valence-corrected chi connectivity index (χ3v) is 21.8. The molecule has 0 amide bonds. The molecule has 0 aliphatic carbocycles. The summed E-state index contributed by atoms with van der Waals surface area (Å²) in [6.07, 6.45) is 15.7. The van der Waals surface area contributed by atoms with Crippen LogP contribution >= 0.6 is 27.5 Å². The number of aryl methyl sites for hydroxylation is 1. The van der Waals surface area contributed by atoms with Gasteiger partial charge >= 0.3 is 18.9 Å². The molecule has 3 aliphatic heterocycles. The van der Waals surface area contributed by atoms with Gasteiger partial charge in [0.2, 0.25) is 0 Å². The van der Waals surface area contributed by atoms with Crippen LogP contribution in [0.5, 0.6) is 57.5 Å². The topological polar surface area (TPSA) is 235 Å². The number of piperidine rings is 3. The van der Waals surface area contributed by atoms with E-state index < -0.39 is 24.4 Å². The molecule has 3 aliphatic rings. The third-order valence-electron chi connectivity index (χ3n) is 21.1. The molecule has 0 spiro atoms. The molecule has 20 nitrogen and oxygen atoms in total. The number of hydrogen-bond acceptors (Lipinski definition) is 20. The van der Waals surface area contributed by atoms with Gasteiger partial charge in [-0.2, -0.15) is 6.42 Å². The number of nitrogens with one attached hydrogen (secondary N) is 1. The van der Waals surface area contributed by atoms with Crippen LogP contribution in [-0.2, 0) is 19.3 Å². The average Bonchev–Trinajstić information content (AvgIpc) is 0.802. The normalized spacial score (nSPS) is 14.2. The van der Waals surface area contributed by atoms with Crippen molar-refractivity contribution in [2.75, 3.05) is 129 Å². The number of aromatic nitrogens is 2. The third kappa shape index (κ3) is 34.2. The summed E-state index contributed by atoms with van der Waals surface area (Å²) in [6.45, 7) is 13.4. The first-order valence-corrected chi connectivity index (χ1v) is 42.7. The zero-order valence-corrected chi connectivity index (χ0v) is 76.0. The van der Waals surface area contributed by atoms with Crippen LogP contribution < -0.4 is 71.5 Å². The van der Waals surface area contributed by atoms with E-state index in [-0.39, 0.29) is 54.1 Å². The molecule has 5 N–H and O–H groups in total. The minimum Gasteiger partial charge on any atom is -0.493 e. The number of aliphatic hydroxyl groups excluding tert-OH is 4. The number of likely N-dealkylation sites (tertiary alicyclic amines) is 2. The van der Waals surface area contributed by atoms with Gasteiger partial charge in [-0.05, 0) is 234 Å². The molecule has 5 heterocycles. The first-order chi connectivity index (χ1) is 59.7. The number of carbonyl (C=O) groups excluding carboxylic acids is 1. The molecular formula is C98H123BrClF3LiN5O15. The van der Waals surface area contributed by atoms with Crippen molar-refractivity contribution in [3.8, 4) is 57.5 Å². The first-order valence-electron chi connectivity index (χ1n) is 41.2. The van der Waals surface area contributed by atoms with Crippen LogP contribution in [-0.4, -0.2) is 175 Å². The van der Waals surface area contributed by atoms with Gasteiger partial charge in [-0.3, -0.25) is 14.8 Å². The van der Waals surface area contributed by atoms with Crippen molar-refractivity contribution in [3.63, 3.8) is 0 Å². The number of para-hydroxylation sites is 5. The number of ether oxygens (including phenoxy) is 10. The van der Waals surface area contributed by atoms with Gasteiger partial charge in [0.15, 0.2) is 63.8 Å². The molecule has 4 atom stereocenters. The van der Waals surface area contributed by atoms with E-state index in [9.17, 15) is 38.4 Å². The van der Waals surface area contributed by atoms with Gasteiger partial charge < -0.3 is 89.8 Å². The summed E-state index contributed by atoms with van der Waals surface area (Å²) in [4.78, 5) is 23.0. The van der Waals surface area contributed by atoms with Crippen molar-refractivity contribution in [1.82, 2.24) is 25.1 Å². The molecule has 8 aromatic carbocycles. The Kier molecular flexibility index (Phi) is 50.4. The van der Waals surface area contributed by atoms with Crippen molar-refractivity contribution >= 4 is 33.8 Å². The van der Waals surface area contributed by atoms with E-state index >= 15 is 0 Å². The van der Waals surface area contributed by atoms with Crippen LogP contribution in [0.3, 0.4) is 0 Å². The van der Waals surface area contributed by atoms with E-state index in [1.165, 1.54) is 62.6 Å². The molecule has 26 heteroatoms. The second-order valence-electron chi connectivity index (χ2n) is 28.8. The Labute approximate surface area is 757 Å². The van der Waals surface area contributed by atoms with E-state index in [0.29, 0.717) is 68.6 Å². The first kappa shape index (κ1) is 105. The molecule has 10 aromatic rings. The van der Waals surface area contributed by atoms with Gasteiger partial charge in [-0.15, -0.1) is 0 Å². The molecule has 124 heavy (non-hydrogen) atoms. The molecule has 0 bridgehead atoms. The number of halogens is 5. The summed E-state index contributed by atoms with van der Waals surface area (Å²) in [5, 5.41) is 47.7. The molecule has 3 saturated heterocycles. The Morgan fingerprint density at radius 1 is 0.435 bits per heavy atom. The zero-order chi connectivity index (χ0) is 89.3. The van der Waals surface area contributed by atoms with Crippen LogP contribution in [0.4, 0.5) is 13.2 Å². The molecule has 13 rings (SSSR count). The summed E-state index contributed by atoms with van der Waals surface area (Å²) in [5.41, 5.74) is 7.81. The predicted molar refractivity (Wildman–Crippen MR) is 484 cm³/mol. The quantitative estimate of drug-likeness (QED) is 0.0133. The van der Waals surface area contributed by atoms with Gasteiger partial charge in [0.05, 0.1) is 95.0 Å². The van der Waals surface area contributed by atoms with E-state index in [0.717, 1.165) is 167 Å². The van der Waals surface area contributed by atoms with E-state index in [4.69, 9.17) is 59.0 Å². The second-order valence-corrected chi connectivity index (χ2v) is 30.1. The smallest absolute Gasteiger partial charge is 0.493 e. The molecular weight excluding hydrogens is 1670 g/mol. The van der Waals surface area contributed by atoms with Crippen molar-refractivity contribution in [2.45, 2.75) is 102 Å². The SMILES string of the molecule is COc1cccc(C(O)C2CCN(CCc3ccc(F)cc3)CC2)c1OC.COc1cccc(C(O)C2CCNCC2)c1OC.COc1cccc(C(O)c2ccncc2)c1OC.COc1cccc(C=O)c1OC.COc1cccc([C@H](O)C2CCN(CCc3ccc(F)cc3)CC2)c1OC.Clc1ccncc1.Fc1ccc(CCBr)cc1.[CH2-]CCC.[Li+]. The maximum absolute atomic E-state index is 13.0. The number of rotatable bonds is 28. The Hall–Kier alpha value is -9.39. The molecule has 0 saturated carbocycles. The number of nitrogens with zero attached hydrogens (tertiary/aromatic N) is 4. The van der Waals surface area contributed by atoms with Crippen LogP contribution in [0.15, 0.2) is 213 Å². The van der Waals surface area contributed by atoms with Gasteiger partial charge in [-0.25, -0.2) is 13.2 Å². The van der Waals surface area contributed by atoms with Gasteiger partial charge in [-0.1, -0.05) is 132 Å². The van der Waals surface area contributed by atoms with Crippen LogP contribution in [0.1, 0.15) is 138 Å². The molecule has 3 unspecified atom stereocenters. The number of methoxy groups -OCH3 is 10. The maximum atomic E-state index is 13.0. The summed E-state index contributed by atoms with van der Waals surface area (Å²) in [6, 6.07) is 54.5. The fourth-order valence-corrected chi connectivity index (χ4v) is 14.7. The summed E-state index contributed by atoms with van der Waals surface area (Å²) in [7, 11) is 15.8. The molecule has 666 valence electrons. The predicted octanol–water partition coefficient (Wildman–Crippen LogP) is 16.2. The van der Waals surface area contributed by atoms with Crippen LogP contribution in [0.2, 0.25) is 5.02 Å². The summed E-state index contributed by atoms with van der Waals surface area (Å²) >= 11 is 8.81. The second kappa shape index (κ2) is 59.5. The van der Waals surface area contributed by atoms with Crippen LogP contribution in [0.25, 0.3) is 0 Å². The number of carbonyl (C=O) groups is 1. The monoisotopic (exact) mass is 1790 g/mol. The number of alkyl halides is 1. The van der Waals surface area contributed by atoms with Crippen molar-refractivity contribution in [2.24, 2.45) is 17.8 Å². The Bertz CT molecular complexity index is 4440. The van der Waals surface area contributed by atoms with Gasteiger partial charge in [0.1, 0.15) is 23.6 Å².